The summed E-state index contributed by atoms with van der Waals surface area (Å²) in [4.78, 5) is 0. The molecule has 1 fully saturated rings. The minimum atomic E-state index is -2.54. The molecule has 0 saturated carbocycles. The molecule has 0 spiro atoms. The zero-order chi connectivity index (χ0) is 17.6. The van der Waals surface area contributed by atoms with Crippen LogP contribution in [0.25, 0.3) is 0 Å². The molecule has 1 unspecified atom stereocenters. The van der Waals surface area contributed by atoms with Crippen molar-refractivity contribution < 1.29 is 4.52 Å². The Labute approximate surface area is 144 Å². The Bertz CT molecular complexity index is 448. The highest BCUT2D eigenvalue weighted by Crippen LogP contribution is 2.69. The van der Waals surface area contributed by atoms with E-state index < -0.39 is 15.0 Å². The van der Waals surface area contributed by atoms with Crippen LogP contribution in [0, 0.1) is 0 Å². The van der Waals surface area contributed by atoms with Crippen molar-refractivity contribution >= 4 is 26.3 Å². The zero-order valence-corrected chi connectivity index (χ0v) is 18.9. The molecule has 0 N–H and O–H groups in total. The summed E-state index contributed by atoms with van der Waals surface area (Å²) in [5.41, 5.74) is -0.292. The second kappa shape index (κ2) is 6.18. The van der Waals surface area contributed by atoms with Gasteiger partial charge in [-0.25, -0.2) is 4.67 Å². The van der Waals surface area contributed by atoms with Crippen molar-refractivity contribution in [2.45, 2.75) is 104 Å². The van der Waals surface area contributed by atoms with Gasteiger partial charge in [-0.15, -0.1) is 0 Å². The first kappa shape index (κ1) is 20.7. The predicted molar refractivity (Wildman–Crippen MR) is 103 cm³/mol. The van der Waals surface area contributed by atoms with E-state index in [-0.39, 0.29) is 16.7 Å². The van der Waals surface area contributed by atoms with Crippen LogP contribution in [0.15, 0.2) is 4.41 Å². The van der Waals surface area contributed by atoms with Crippen LogP contribution in [0.3, 0.4) is 0 Å². The quantitative estimate of drug-likeness (QED) is 0.402. The van der Waals surface area contributed by atoms with E-state index in [0.29, 0.717) is 0 Å². The third kappa shape index (κ3) is 5.34. The van der Waals surface area contributed by atoms with Crippen LogP contribution in [0.2, 0.25) is 19.6 Å². The zero-order valence-electron chi connectivity index (χ0n) is 16.2. The standard InChI is InChI=1S/C16H36ClN2OPSi/c1-14(2,3)20-21(17,18-22(8,9)10)19-15(4,5)12-11-13-16(19,6)7/h11-13H2,1-10H3. The van der Waals surface area contributed by atoms with Gasteiger partial charge in [-0.2, -0.15) is 0 Å². The number of halogens is 1. The molecule has 1 aliphatic heterocycles. The van der Waals surface area contributed by atoms with Crippen molar-refractivity contribution in [3.8, 4) is 0 Å². The van der Waals surface area contributed by atoms with Crippen molar-refractivity contribution in [2.24, 2.45) is 4.41 Å². The van der Waals surface area contributed by atoms with E-state index in [9.17, 15) is 0 Å². The second-order valence-corrected chi connectivity index (χ2v) is 17.7. The predicted octanol–water partition coefficient (Wildman–Crippen LogP) is 6.86. The van der Waals surface area contributed by atoms with Gasteiger partial charge in [0.05, 0.1) is 5.60 Å². The van der Waals surface area contributed by atoms with E-state index in [1.54, 1.807) is 0 Å². The van der Waals surface area contributed by atoms with Crippen LogP contribution in [0.4, 0.5) is 0 Å². The average Bonchev–Trinajstić information content (AvgIpc) is 2.04. The lowest BCUT2D eigenvalue weighted by molar-refractivity contribution is 0.0328. The fraction of sp³-hybridized carbons (Fsp3) is 1.00. The number of nitrogens with zero attached hydrogens (tertiary/aromatic N) is 2. The maximum atomic E-state index is 7.24. The molecule has 1 saturated heterocycles. The Morgan fingerprint density at radius 3 is 1.77 bits per heavy atom. The molecule has 0 aromatic carbocycles. The smallest absolute Gasteiger partial charge is 0.238 e. The lowest BCUT2D eigenvalue weighted by atomic mass is 9.83. The Kier molecular flexibility index (Phi) is 5.82. The Hall–Kier alpha value is 0.657. The van der Waals surface area contributed by atoms with Crippen molar-refractivity contribution in [3.05, 3.63) is 0 Å². The van der Waals surface area contributed by atoms with Gasteiger partial charge < -0.3 is 4.52 Å². The lowest BCUT2D eigenvalue weighted by Crippen LogP contribution is -2.56. The molecule has 132 valence electrons. The van der Waals surface area contributed by atoms with Gasteiger partial charge in [0.2, 0.25) is 6.78 Å². The molecule has 0 bridgehead atoms. The molecule has 0 aromatic heterocycles. The SMILES string of the molecule is CC(C)(C)OP(Cl)(=N[Si](C)(C)C)N1C(C)(C)CCCC1(C)C. The summed E-state index contributed by atoms with van der Waals surface area (Å²) in [5, 5.41) is 0. The fourth-order valence-corrected chi connectivity index (χ4v) is 13.2. The third-order valence-corrected chi connectivity index (χ3v) is 10.9. The van der Waals surface area contributed by atoms with Gasteiger partial charge in [0.15, 0.2) is 8.24 Å². The summed E-state index contributed by atoms with van der Waals surface area (Å²) >= 11 is 7.24. The maximum Gasteiger partial charge on any atom is 0.238 e. The van der Waals surface area contributed by atoms with Crippen LogP contribution < -0.4 is 0 Å². The Morgan fingerprint density at radius 1 is 1.05 bits per heavy atom. The largest absolute Gasteiger partial charge is 0.316 e. The lowest BCUT2D eigenvalue weighted by Gasteiger charge is -2.56. The fourth-order valence-electron chi connectivity index (χ4n) is 3.48. The summed E-state index contributed by atoms with van der Waals surface area (Å²) in [6.45, 7) is 19.6. The van der Waals surface area contributed by atoms with Gasteiger partial charge in [-0.1, -0.05) is 0 Å². The monoisotopic (exact) mass is 366 g/mol. The van der Waals surface area contributed by atoms with E-state index in [4.69, 9.17) is 20.2 Å². The van der Waals surface area contributed by atoms with E-state index in [1.165, 1.54) is 6.42 Å². The molecule has 0 aliphatic carbocycles. The molecule has 3 nitrogen and oxygen atoms in total. The number of rotatable bonds is 3. The highest BCUT2D eigenvalue weighted by Gasteiger charge is 2.50. The first-order valence-electron chi connectivity index (χ1n) is 8.33. The van der Waals surface area contributed by atoms with Gasteiger partial charge in [-0.05, 0) is 98.6 Å². The van der Waals surface area contributed by atoms with E-state index >= 15 is 0 Å². The van der Waals surface area contributed by atoms with Crippen LogP contribution in [-0.4, -0.2) is 29.6 Å². The van der Waals surface area contributed by atoms with Crippen LogP contribution in [-0.2, 0) is 4.52 Å². The topological polar surface area (TPSA) is 24.8 Å². The van der Waals surface area contributed by atoms with E-state index in [2.05, 4.69) is 72.8 Å². The number of hydrogen-bond acceptors (Lipinski definition) is 2. The van der Waals surface area contributed by atoms with Gasteiger partial charge >= 0.3 is 0 Å². The van der Waals surface area contributed by atoms with Gasteiger partial charge in [0, 0.05) is 11.1 Å². The van der Waals surface area contributed by atoms with Crippen molar-refractivity contribution in [3.63, 3.8) is 0 Å². The minimum Gasteiger partial charge on any atom is -0.316 e. The first-order chi connectivity index (χ1) is 9.49. The summed E-state index contributed by atoms with van der Waals surface area (Å²) in [6.07, 6.45) is 3.51. The molecule has 0 aromatic rings. The molecule has 0 radical (unpaired) electrons. The number of piperidine rings is 1. The van der Waals surface area contributed by atoms with Crippen LogP contribution in [0.5, 0.6) is 0 Å². The van der Waals surface area contributed by atoms with Crippen LogP contribution in [0.1, 0.15) is 67.7 Å². The van der Waals surface area contributed by atoms with Gasteiger partial charge in [0.25, 0.3) is 0 Å². The average molecular weight is 367 g/mol. The molecule has 1 aliphatic rings. The first-order valence-corrected chi connectivity index (χ1v) is 14.3. The number of hydrogen-bond donors (Lipinski definition) is 0. The Balaban J connectivity index is 3.52. The maximum absolute atomic E-state index is 7.24. The molecule has 22 heavy (non-hydrogen) atoms. The van der Waals surface area contributed by atoms with Crippen molar-refractivity contribution in [1.29, 1.82) is 0 Å². The Morgan fingerprint density at radius 2 is 1.45 bits per heavy atom. The molecule has 1 rings (SSSR count). The second-order valence-electron chi connectivity index (χ2n) is 9.74. The summed E-state index contributed by atoms with van der Waals surface area (Å²) in [5.74, 6) is 0. The van der Waals surface area contributed by atoms with Crippen LogP contribution >= 0.6 is 18.0 Å². The third-order valence-electron chi connectivity index (χ3n) is 3.78. The molecular formula is C16H36ClN2OPSi. The molecule has 1 atom stereocenters. The van der Waals surface area contributed by atoms with Gasteiger partial charge in [-0.3, -0.25) is 4.41 Å². The highest BCUT2D eigenvalue weighted by molar-refractivity contribution is 7.86. The highest BCUT2D eigenvalue weighted by atomic mass is 35.7. The van der Waals surface area contributed by atoms with Crippen molar-refractivity contribution in [2.75, 3.05) is 0 Å². The normalized spacial score (nSPS) is 25.6. The molecule has 0 amide bonds. The summed E-state index contributed by atoms with van der Waals surface area (Å²) in [6, 6.07) is 0. The van der Waals surface area contributed by atoms with Crippen molar-refractivity contribution in [1.82, 2.24) is 4.67 Å². The minimum absolute atomic E-state index is 0.00563. The summed E-state index contributed by atoms with van der Waals surface area (Å²) < 4.78 is 14.1. The molecular weight excluding hydrogens is 331 g/mol. The van der Waals surface area contributed by atoms with Gasteiger partial charge in [0.1, 0.15) is 0 Å². The summed E-state index contributed by atoms with van der Waals surface area (Å²) in [7, 11) is -1.73. The molecule has 1 heterocycles. The van der Waals surface area contributed by atoms with E-state index in [0.717, 1.165) is 12.8 Å². The molecule has 6 heteroatoms. The van der Waals surface area contributed by atoms with E-state index in [1.807, 2.05) is 0 Å².